The Morgan fingerprint density at radius 1 is 1.26 bits per heavy atom. The Morgan fingerprint density at radius 2 is 2.04 bits per heavy atom. The summed E-state index contributed by atoms with van der Waals surface area (Å²) in [6, 6.07) is 14.3. The summed E-state index contributed by atoms with van der Waals surface area (Å²) in [5.74, 6) is 0.512. The number of nitrogens with zero attached hydrogens (tertiary/aromatic N) is 3. The number of hydrogen-bond donors (Lipinski definition) is 0. The number of benzene rings is 2. The Bertz CT molecular complexity index is 1040. The summed E-state index contributed by atoms with van der Waals surface area (Å²) in [6.07, 6.45) is 1.47. The van der Waals surface area contributed by atoms with Crippen molar-refractivity contribution in [3.63, 3.8) is 0 Å². The zero-order valence-corrected chi connectivity index (χ0v) is 14.8. The second-order valence-corrected chi connectivity index (χ2v) is 5.64. The Labute approximate surface area is 155 Å². The molecule has 27 heavy (non-hydrogen) atoms. The predicted octanol–water partition coefficient (Wildman–Crippen LogP) is 4.64. The van der Waals surface area contributed by atoms with Gasteiger partial charge in [0, 0.05) is 12.6 Å². The predicted molar refractivity (Wildman–Crippen MR) is 98.4 cm³/mol. The van der Waals surface area contributed by atoms with Crippen LogP contribution < -0.4 is 9.47 Å². The largest absolute Gasteiger partial charge is 0.490 e. The van der Waals surface area contributed by atoms with Crippen LogP contribution in [0.25, 0.3) is 22.7 Å². The monoisotopic (exact) mass is 369 g/mol. The fourth-order valence-corrected chi connectivity index (χ4v) is 2.82. The van der Waals surface area contributed by atoms with Crippen molar-refractivity contribution in [1.29, 1.82) is 5.26 Å². The molecule has 0 spiro atoms. The lowest BCUT2D eigenvalue weighted by Gasteiger charge is -2.14. The van der Waals surface area contributed by atoms with Gasteiger partial charge < -0.3 is 14.0 Å². The van der Waals surface area contributed by atoms with Crippen molar-refractivity contribution in [2.24, 2.45) is 7.05 Å². The highest BCUT2D eigenvalue weighted by atomic mass is 19.3. The molecule has 1 aromatic heterocycles. The number of alkyl halides is 2. The molecule has 5 nitrogen and oxygen atoms in total. The molecule has 138 valence electrons. The van der Waals surface area contributed by atoms with Gasteiger partial charge in [0.15, 0.2) is 17.3 Å². The van der Waals surface area contributed by atoms with E-state index < -0.39 is 6.61 Å². The number of hydrogen-bond acceptors (Lipinski definition) is 4. The van der Waals surface area contributed by atoms with Crippen molar-refractivity contribution in [3.8, 4) is 17.6 Å². The molecule has 0 atom stereocenters. The molecule has 3 rings (SSSR count). The van der Waals surface area contributed by atoms with Crippen LogP contribution >= 0.6 is 0 Å². The van der Waals surface area contributed by atoms with E-state index in [1.165, 1.54) is 6.08 Å². The second kappa shape index (κ2) is 7.87. The standard InChI is InChI=1S/C20H17F2N3O2/c1-3-26-17-10-6-7-13(18(17)27-20(21)22)11-14(12-23)19-24-15-8-4-5-9-16(15)25(19)2/h4-11,20H,3H2,1-2H3/b14-11-. The van der Waals surface area contributed by atoms with E-state index in [0.717, 1.165) is 11.0 Å². The van der Waals surface area contributed by atoms with Crippen LogP contribution in [0.15, 0.2) is 42.5 Å². The van der Waals surface area contributed by atoms with E-state index in [1.54, 1.807) is 36.7 Å². The maximum atomic E-state index is 12.9. The smallest absolute Gasteiger partial charge is 0.387 e. The number of rotatable bonds is 6. The average molecular weight is 369 g/mol. The maximum Gasteiger partial charge on any atom is 0.387 e. The van der Waals surface area contributed by atoms with Gasteiger partial charge in [0.2, 0.25) is 0 Å². The topological polar surface area (TPSA) is 60.1 Å². The minimum absolute atomic E-state index is 0.110. The Morgan fingerprint density at radius 3 is 2.70 bits per heavy atom. The summed E-state index contributed by atoms with van der Waals surface area (Å²) in [6.45, 7) is -0.975. The first-order valence-electron chi connectivity index (χ1n) is 8.29. The lowest BCUT2D eigenvalue weighted by atomic mass is 10.1. The first kappa shape index (κ1) is 18.4. The van der Waals surface area contributed by atoms with Gasteiger partial charge in [0.25, 0.3) is 0 Å². The molecule has 0 saturated carbocycles. The van der Waals surface area contributed by atoms with Crippen molar-refractivity contribution < 1.29 is 18.3 Å². The fourth-order valence-electron chi connectivity index (χ4n) is 2.82. The number of para-hydroxylation sites is 3. The van der Waals surface area contributed by atoms with Crippen LogP contribution in [0.1, 0.15) is 18.3 Å². The number of allylic oxidation sites excluding steroid dienone is 1. The number of imidazole rings is 1. The Kier molecular flexibility index (Phi) is 5.36. The molecule has 3 aromatic rings. The highest BCUT2D eigenvalue weighted by molar-refractivity contribution is 5.92. The summed E-state index contributed by atoms with van der Waals surface area (Å²) in [4.78, 5) is 4.48. The summed E-state index contributed by atoms with van der Waals surface area (Å²) < 4.78 is 37.6. The summed E-state index contributed by atoms with van der Waals surface area (Å²) >= 11 is 0. The molecular weight excluding hydrogens is 352 g/mol. The van der Waals surface area contributed by atoms with Gasteiger partial charge in [0.05, 0.1) is 23.2 Å². The third kappa shape index (κ3) is 3.75. The molecule has 0 fully saturated rings. The number of aryl methyl sites for hydroxylation is 1. The quantitative estimate of drug-likeness (QED) is 0.594. The minimum Gasteiger partial charge on any atom is -0.490 e. The number of halogens is 2. The van der Waals surface area contributed by atoms with Gasteiger partial charge in [-0.3, -0.25) is 0 Å². The van der Waals surface area contributed by atoms with E-state index in [4.69, 9.17) is 4.74 Å². The molecule has 7 heteroatoms. The summed E-state index contributed by atoms with van der Waals surface area (Å²) in [5.41, 5.74) is 2.13. The van der Waals surface area contributed by atoms with Crippen molar-refractivity contribution in [3.05, 3.63) is 53.9 Å². The van der Waals surface area contributed by atoms with Gasteiger partial charge in [0.1, 0.15) is 6.07 Å². The van der Waals surface area contributed by atoms with Gasteiger partial charge >= 0.3 is 6.61 Å². The van der Waals surface area contributed by atoms with Crippen molar-refractivity contribution >= 4 is 22.7 Å². The van der Waals surface area contributed by atoms with Crippen molar-refractivity contribution in [2.75, 3.05) is 6.61 Å². The van der Waals surface area contributed by atoms with E-state index in [0.29, 0.717) is 18.0 Å². The second-order valence-electron chi connectivity index (χ2n) is 5.64. The van der Waals surface area contributed by atoms with Crippen LogP contribution in [0.4, 0.5) is 8.78 Å². The average Bonchev–Trinajstić information content (AvgIpc) is 2.99. The third-order valence-corrected chi connectivity index (χ3v) is 3.96. The highest BCUT2D eigenvalue weighted by Gasteiger charge is 2.17. The number of aromatic nitrogens is 2. The SMILES string of the molecule is CCOc1cccc(/C=C(/C#N)c2nc3ccccc3n2C)c1OC(F)F. The molecule has 0 N–H and O–H groups in total. The van der Waals surface area contributed by atoms with E-state index >= 15 is 0 Å². The van der Waals surface area contributed by atoms with Crippen molar-refractivity contribution in [2.45, 2.75) is 13.5 Å². The van der Waals surface area contributed by atoms with E-state index in [-0.39, 0.29) is 17.1 Å². The Balaban J connectivity index is 2.14. The molecule has 2 aromatic carbocycles. The zero-order valence-electron chi connectivity index (χ0n) is 14.8. The number of fused-ring (bicyclic) bond motifs is 1. The minimum atomic E-state index is -3.01. The van der Waals surface area contributed by atoms with Crippen LogP contribution in [0, 0.1) is 11.3 Å². The lowest BCUT2D eigenvalue weighted by molar-refractivity contribution is -0.0515. The molecule has 0 bridgehead atoms. The van der Waals surface area contributed by atoms with Gasteiger partial charge in [-0.15, -0.1) is 0 Å². The van der Waals surface area contributed by atoms with Crippen molar-refractivity contribution in [1.82, 2.24) is 9.55 Å². The number of nitriles is 1. The third-order valence-electron chi connectivity index (χ3n) is 3.96. The van der Waals surface area contributed by atoms with Crippen LogP contribution in [-0.2, 0) is 7.05 Å². The van der Waals surface area contributed by atoms with E-state index in [1.807, 2.05) is 24.3 Å². The van der Waals surface area contributed by atoms with E-state index in [2.05, 4.69) is 15.8 Å². The zero-order chi connectivity index (χ0) is 19.4. The van der Waals surface area contributed by atoms with Gasteiger partial charge in [-0.25, -0.2) is 4.98 Å². The van der Waals surface area contributed by atoms with Gasteiger partial charge in [-0.2, -0.15) is 14.0 Å². The fraction of sp³-hybridized carbons (Fsp3) is 0.200. The van der Waals surface area contributed by atoms with Crippen LogP contribution in [-0.4, -0.2) is 22.8 Å². The molecule has 0 saturated heterocycles. The Hall–Kier alpha value is -3.40. The van der Waals surface area contributed by atoms with Gasteiger partial charge in [-0.05, 0) is 31.2 Å². The summed E-state index contributed by atoms with van der Waals surface area (Å²) in [5, 5.41) is 9.64. The maximum absolute atomic E-state index is 12.9. The first-order valence-corrected chi connectivity index (χ1v) is 8.29. The molecule has 0 amide bonds. The summed E-state index contributed by atoms with van der Waals surface area (Å²) in [7, 11) is 1.79. The van der Waals surface area contributed by atoms with Crippen LogP contribution in [0.3, 0.4) is 0 Å². The highest BCUT2D eigenvalue weighted by Crippen LogP contribution is 2.35. The lowest BCUT2D eigenvalue weighted by Crippen LogP contribution is -2.06. The van der Waals surface area contributed by atoms with E-state index in [9.17, 15) is 14.0 Å². The molecule has 1 heterocycles. The molecule has 0 radical (unpaired) electrons. The first-order chi connectivity index (χ1) is 13.0. The molecule has 0 aliphatic carbocycles. The molecular formula is C20H17F2N3O2. The molecule has 0 unspecified atom stereocenters. The molecule has 0 aliphatic heterocycles. The van der Waals surface area contributed by atoms with Gasteiger partial charge in [-0.1, -0.05) is 24.3 Å². The van der Waals surface area contributed by atoms with Crippen LogP contribution in [0.5, 0.6) is 11.5 Å². The number of ether oxygens (including phenoxy) is 2. The normalized spacial score (nSPS) is 11.6. The van der Waals surface area contributed by atoms with Crippen LogP contribution in [0.2, 0.25) is 0 Å². The molecule has 0 aliphatic rings.